The minimum atomic E-state index is -4.41. The number of carbonyl (C=O) groups excluding carboxylic acids is 1. The Balaban J connectivity index is 1.42. The molecule has 3 atom stereocenters. The summed E-state index contributed by atoms with van der Waals surface area (Å²) in [5.74, 6) is -0.578. The molecular weight excluding hydrogens is 510 g/mol. The van der Waals surface area contributed by atoms with Crippen molar-refractivity contribution in [2.75, 3.05) is 13.1 Å². The van der Waals surface area contributed by atoms with Crippen LogP contribution in [0.4, 0.5) is 17.6 Å². The normalized spacial score (nSPS) is 22.2. The second kappa shape index (κ2) is 10.4. The Morgan fingerprint density at radius 2 is 1.92 bits per heavy atom. The summed E-state index contributed by atoms with van der Waals surface area (Å²) in [5, 5.41) is 3.46. The fourth-order valence-corrected chi connectivity index (χ4v) is 5.66. The van der Waals surface area contributed by atoms with E-state index in [1.165, 1.54) is 17.0 Å². The van der Waals surface area contributed by atoms with E-state index in [1.807, 2.05) is 43.0 Å². The Hall–Kier alpha value is -3.82. The van der Waals surface area contributed by atoms with Crippen LogP contribution in [0.15, 0.2) is 71.4 Å². The predicted octanol–water partition coefficient (Wildman–Crippen LogP) is 5.54. The van der Waals surface area contributed by atoms with Crippen LogP contribution in [-0.2, 0) is 11.0 Å². The van der Waals surface area contributed by atoms with Gasteiger partial charge in [0.1, 0.15) is 17.7 Å². The van der Waals surface area contributed by atoms with Crippen molar-refractivity contribution in [2.45, 2.75) is 51.4 Å². The molecule has 10 heteroatoms. The van der Waals surface area contributed by atoms with E-state index < -0.39 is 23.9 Å². The number of hydrogen-bond acceptors (Lipinski definition) is 5. The topological polar surface area (TPSA) is 74.0 Å². The number of benzene rings is 2. The third-order valence-corrected chi connectivity index (χ3v) is 7.80. The highest BCUT2D eigenvalue weighted by atomic mass is 19.4. The molecule has 2 aromatic rings. The number of halogens is 4. The highest BCUT2D eigenvalue weighted by molar-refractivity contribution is 6.05. The molecule has 3 N–H and O–H groups in total. The zero-order chi connectivity index (χ0) is 27.9. The van der Waals surface area contributed by atoms with Gasteiger partial charge in [-0.15, -0.1) is 0 Å². The molecule has 1 fully saturated rings. The first-order valence-electron chi connectivity index (χ1n) is 13.1. The van der Waals surface area contributed by atoms with Gasteiger partial charge in [-0.25, -0.2) is 4.99 Å². The molecule has 0 aliphatic carbocycles. The first-order chi connectivity index (χ1) is 18.6. The van der Waals surface area contributed by atoms with Crippen molar-refractivity contribution in [1.82, 2.24) is 15.1 Å². The highest BCUT2D eigenvalue weighted by Crippen LogP contribution is 2.39. The third-order valence-electron chi connectivity index (χ3n) is 7.80. The molecule has 2 unspecified atom stereocenters. The number of fused-ring (bicyclic) bond motifs is 1. The molecule has 0 saturated carbocycles. The lowest BCUT2D eigenvalue weighted by molar-refractivity contribution is -0.137. The molecule has 3 aliphatic rings. The molecule has 0 bridgehead atoms. The maximum absolute atomic E-state index is 15.2. The standard InChI is InChI=1S/C29H31F4N5O/c1-3-24(39)37-13-5-7-21(16-37)28-36-25(26-27(34)35-15-23(30)38(26)28)19-11-9-18(10-12-19)17(2)20-6-4-8-22(14-20)29(31,32)33/h4,6,8-12,14-15,17,21,28,36H,3,5,7,13,16H2,1-2H3,(H2,34,35)/t17-,21?,28?/m0/s1. The van der Waals surface area contributed by atoms with E-state index in [0.717, 1.165) is 36.2 Å². The van der Waals surface area contributed by atoms with Crippen molar-refractivity contribution in [1.29, 1.82) is 0 Å². The van der Waals surface area contributed by atoms with Crippen molar-refractivity contribution in [3.05, 3.63) is 88.6 Å². The summed E-state index contributed by atoms with van der Waals surface area (Å²) < 4.78 is 54.8. The fraction of sp³-hybridized carbons (Fsp3) is 0.379. The van der Waals surface area contributed by atoms with Crippen LogP contribution in [0.2, 0.25) is 0 Å². The summed E-state index contributed by atoms with van der Waals surface area (Å²) in [6, 6.07) is 12.8. The Kier molecular flexibility index (Phi) is 7.13. The number of hydrogen-bond donors (Lipinski definition) is 2. The lowest BCUT2D eigenvalue weighted by Crippen LogP contribution is -2.51. The van der Waals surface area contributed by atoms with Gasteiger partial charge in [0.15, 0.2) is 0 Å². The molecule has 1 amide bonds. The van der Waals surface area contributed by atoms with Crippen molar-refractivity contribution in [2.24, 2.45) is 16.6 Å². The monoisotopic (exact) mass is 541 g/mol. The SMILES string of the molecule is CCC(=O)N1CCCC(C2NC(c3ccc([C@H](C)c4cccc(C(F)(F)F)c4)cc3)=C3C(N)=NC=C(F)N32)C1. The summed E-state index contributed by atoms with van der Waals surface area (Å²) in [4.78, 5) is 19.8. The first kappa shape index (κ1) is 26.8. The van der Waals surface area contributed by atoms with Gasteiger partial charge >= 0.3 is 6.18 Å². The number of nitrogens with zero attached hydrogens (tertiary/aromatic N) is 3. The Morgan fingerprint density at radius 1 is 1.18 bits per heavy atom. The maximum Gasteiger partial charge on any atom is 0.416 e. The van der Waals surface area contributed by atoms with Crippen LogP contribution in [0.5, 0.6) is 0 Å². The average molecular weight is 542 g/mol. The summed E-state index contributed by atoms with van der Waals surface area (Å²) in [7, 11) is 0. The predicted molar refractivity (Wildman–Crippen MR) is 141 cm³/mol. The van der Waals surface area contributed by atoms with Gasteiger partial charge in [-0.1, -0.05) is 56.3 Å². The van der Waals surface area contributed by atoms with Gasteiger partial charge in [0.05, 0.1) is 17.5 Å². The van der Waals surface area contributed by atoms with Crippen LogP contribution in [0.3, 0.4) is 0 Å². The van der Waals surface area contributed by atoms with Crippen LogP contribution in [0, 0.1) is 5.92 Å². The van der Waals surface area contributed by atoms with E-state index in [2.05, 4.69) is 10.3 Å². The third kappa shape index (κ3) is 5.12. The summed E-state index contributed by atoms with van der Waals surface area (Å²) in [6.45, 7) is 4.89. The number of alkyl halides is 3. The lowest BCUT2D eigenvalue weighted by Gasteiger charge is -2.39. The molecule has 0 radical (unpaired) electrons. The van der Waals surface area contributed by atoms with Gasteiger partial charge in [-0.3, -0.25) is 9.69 Å². The first-order valence-corrected chi connectivity index (χ1v) is 13.1. The van der Waals surface area contributed by atoms with Crippen molar-refractivity contribution in [3.8, 4) is 0 Å². The number of rotatable bonds is 5. The quantitative estimate of drug-likeness (QED) is 0.385. The van der Waals surface area contributed by atoms with Crippen molar-refractivity contribution in [3.63, 3.8) is 0 Å². The lowest BCUT2D eigenvalue weighted by atomic mass is 9.91. The molecule has 0 aromatic heterocycles. The highest BCUT2D eigenvalue weighted by Gasteiger charge is 2.43. The number of nitrogens with one attached hydrogen (secondary N) is 1. The number of likely N-dealkylation sites (tertiary alicyclic amines) is 1. The van der Waals surface area contributed by atoms with Gasteiger partial charge < -0.3 is 16.0 Å². The van der Waals surface area contributed by atoms with Gasteiger partial charge in [0.2, 0.25) is 11.9 Å². The molecule has 1 saturated heterocycles. The van der Waals surface area contributed by atoms with Crippen LogP contribution >= 0.6 is 0 Å². The van der Waals surface area contributed by atoms with E-state index in [1.54, 1.807) is 6.07 Å². The van der Waals surface area contributed by atoms with Crippen LogP contribution in [0.25, 0.3) is 5.70 Å². The minimum absolute atomic E-state index is 0.0352. The summed E-state index contributed by atoms with van der Waals surface area (Å²) in [6.07, 6.45) is -1.69. The smallest absolute Gasteiger partial charge is 0.382 e. The van der Waals surface area contributed by atoms with E-state index in [9.17, 15) is 18.0 Å². The van der Waals surface area contributed by atoms with Gasteiger partial charge in [-0.2, -0.15) is 17.6 Å². The second-order valence-electron chi connectivity index (χ2n) is 10.2. The van der Waals surface area contributed by atoms with Crippen molar-refractivity contribution < 1.29 is 22.4 Å². The molecule has 5 rings (SSSR count). The average Bonchev–Trinajstić information content (AvgIpc) is 3.36. The molecule has 0 spiro atoms. The largest absolute Gasteiger partial charge is 0.416 e. The van der Waals surface area contributed by atoms with Gasteiger partial charge in [-0.05, 0) is 35.6 Å². The van der Waals surface area contributed by atoms with Crippen LogP contribution in [-0.4, -0.2) is 40.8 Å². The van der Waals surface area contributed by atoms with Gasteiger partial charge in [0.25, 0.3) is 0 Å². The van der Waals surface area contributed by atoms with E-state index in [-0.39, 0.29) is 23.6 Å². The molecule has 2 aromatic carbocycles. The molecule has 3 heterocycles. The maximum atomic E-state index is 15.2. The molecule has 206 valence electrons. The minimum Gasteiger partial charge on any atom is -0.382 e. The Morgan fingerprint density at radius 3 is 2.62 bits per heavy atom. The van der Waals surface area contributed by atoms with Gasteiger partial charge in [0, 0.05) is 31.3 Å². The molecule has 6 nitrogen and oxygen atoms in total. The number of amidine groups is 1. The zero-order valence-electron chi connectivity index (χ0n) is 21.8. The Bertz CT molecular complexity index is 1350. The van der Waals surface area contributed by atoms with E-state index in [4.69, 9.17) is 5.73 Å². The number of carbonyl (C=O) groups is 1. The number of amides is 1. The second-order valence-corrected chi connectivity index (χ2v) is 10.2. The van der Waals surface area contributed by atoms with E-state index >= 15 is 4.39 Å². The summed E-state index contributed by atoms with van der Waals surface area (Å²) >= 11 is 0. The van der Waals surface area contributed by atoms with Crippen LogP contribution in [0.1, 0.15) is 61.3 Å². The number of aliphatic imine (C=N–C) groups is 1. The molecular formula is C29H31F4N5O. The van der Waals surface area contributed by atoms with E-state index in [0.29, 0.717) is 36.5 Å². The Labute approximate surface area is 224 Å². The van der Waals surface area contributed by atoms with Crippen LogP contribution < -0.4 is 11.1 Å². The zero-order valence-corrected chi connectivity index (χ0v) is 21.8. The number of nitrogens with two attached hydrogens (primary N) is 1. The molecule has 39 heavy (non-hydrogen) atoms. The fourth-order valence-electron chi connectivity index (χ4n) is 5.66. The summed E-state index contributed by atoms with van der Waals surface area (Å²) in [5.41, 5.74) is 8.79. The van der Waals surface area contributed by atoms with Crippen molar-refractivity contribution >= 4 is 17.4 Å². The molecule has 3 aliphatic heterocycles. The number of piperidine rings is 1.